The third-order valence-electron chi connectivity index (χ3n) is 5.67. The maximum Gasteiger partial charge on any atom is 0.305 e. The van der Waals surface area contributed by atoms with Gasteiger partial charge in [0.25, 0.3) is 5.91 Å². The van der Waals surface area contributed by atoms with E-state index >= 15 is 0 Å². The van der Waals surface area contributed by atoms with Gasteiger partial charge in [-0.3, -0.25) is 14.4 Å². The van der Waals surface area contributed by atoms with E-state index in [2.05, 4.69) is 16.0 Å². The zero-order valence-corrected chi connectivity index (χ0v) is 23.7. The van der Waals surface area contributed by atoms with Crippen molar-refractivity contribution >= 4 is 58.1 Å². The van der Waals surface area contributed by atoms with Crippen molar-refractivity contribution in [1.82, 2.24) is 5.32 Å². The van der Waals surface area contributed by atoms with E-state index < -0.39 is 6.10 Å². The van der Waals surface area contributed by atoms with Crippen LogP contribution in [0.4, 0.5) is 11.4 Å². The van der Waals surface area contributed by atoms with Crippen LogP contribution in [0.1, 0.15) is 38.2 Å². The molecule has 210 valence electrons. The van der Waals surface area contributed by atoms with Crippen molar-refractivity contribution in [2.75, 3.05) is 17.2 Å². The molecule has 0 heterocycles. The quantitative estimate of drug-likeness (QED) is 0.131. The Hall–Kier alpha value is -3.95. The summed E-state index contributed by atoms with van der Waals surface area (Å²) in [6.45, 7) is 1.98. The second-order valence-corrected chi connectivity index (χ2v) is 9.74. The number of anilines is 2. The van der Waals surface area contributed by atoms with Crippen LogP contribution in [0.25, 0.3) is 0 Å². The number of aryl methyl sites for hydroxylation is 1. The van der Waals surface area contributed by atoms with E-state index in [1.807, 2.05) is 30.3 Å². The Morgan fingerprint density at radius 1 is 0.850 bits per heavy atom. The molecule has 0 spiro atoms. The van der Waals surface area contributed by atoms with Crippen molar-refractivity contribution in [3.63, 3.8) is 0 Å². The van der Waals surface area contributed by atoms with Gasteiger partial charge in [-0.1, -0.05) is 54.1 Å². The summed E-state index contributed by atoms with van der Waals surface area (Å²) in [5, 5.41) is 8.84. The molecule has 0 aliphatic rings. The van der Waals surface area contributed by atoms with Gasteiger partial charge in [0.2, 0.25) is 5.91 Å². The smallest absolute Gasteiger partial charge is 0.305 e. The lowest BCUT2D eigenvalue weighted by molar-refractivity contribution is -0.143. The van der Waals surface area contributed by atoms with Crippen LogP contribution in [-0.4, -0.2) is 35.6 Å². The Morgan fingerprint density at radius 3 is 2.20 bits per heavy atom. The molecule has 0 radical (unpaired) electrons. The average molecular weight is 582 g/mol. The largest absolute Gasteiger partial charge is 0.479 e. The highest BCUT2D eigenvalue weighted by atomic mass is 35.5. The number of para-hydroxylation sites is 1. The van der Waals surface area contributed by atoms with Crippen LogP contribution in [0.5, 0.6) is 5.75 Å². The zero-order chi connectivity index (χ0) is 28.7. The van der Waals surface area contributed by atoms with Crippen LogP contribution in [-0.2, 0) is 25.5 Å². The number of nitrogens with one attached hydrogen (secondary N) is 3. The van der Waals surface area contributed by atoms with Crippen molar-refractivity contribution in [3.8, 4) is 5.75 Å². The summed E-state index contributed by atoms with van der Waals surface area (Å²) in [4.78, 5) is 36.5. The molecule has 0 aliphatic heterocycles. The Morgan fingerprint density at radius 2 is 1.50 bits per heavy atom. The number of carbonyl (C=O) groups is 3. The zero-order valence-electron chi connectivity index (χ0n) is 22.2. The number of rotatable bonds is 13. The van der Waals surface area contributed by atoms with Crippen molar-refractivity contribution in [3.05, 3.63) is 89.4 Å². The summed E-state index contributed by atoms with van der Waals surface area (Å²) in [6, 6.07) is 23.7. The van der Waals surface area contributed by atoms with E-state index in [9.17, 15) is 14.4 Å². The fourth-order valence-corrected chi connectivity index (χ4v) is 4.00. The van der Waals surface area contributed by atoms with E-state index in [0.29, 0.717) is 35.2 Å². The molecule has 0 aromatic heterocycles. The molecule has 0 fully saturated rings. The number of benzene rings is 3. The summed E-state index contributed by atoms with van der Waals surface area (Å²) in [7, 11) is 0. The molecule has 0 bridgehead atoms. The predicted molar refractivity (Wildman–Crippen MR) is 161 cm³/mol. The molecule has 1 unspecified atom stereocenters. The topological polar surface area (TPSA) is 106 Å². The van der Waals surface area contributed by atoms with Crippen LogP contribution < -0.4 is 20.7 Å². The molecular formula is C30H32ClN3O5S. The van der Waals surface area contributed by atoms with Crippen molar-refractivity contribution in [2.24, 2.45) is 0 Å². The minimum atomic E-state index is -0.762. The number of ether oxygens (including phenoxy) is 2. The van der Waals surface area contributed by atoms with Crippen molar-refractivity contribution in [1.29, 1.82) is 0 Å². The molecular weight excluding hydrogens is 550 g/mol. The lowest BCUT2D eigenvalue weighted by Crippen LogP contribution is -2.34. The number of thiocarbonyl (C=S) groups is 1. The lowest BCUT2D eigenvalue weighted by Gasteiger charge is -2.16. The summed E-state index contributed by atoms with van der Waals surface area (Å²) in [5.41, 5.74) is 2.39. The summed E-state index contributed by atoms with van der Waals surface area (Å²) >= 11 is 11.3. The first-order valence-electron chi connectivity index (χ1n) is 12.9. The highest BCUT2D eigenvalue weighted by molar-refractivity contribution is 7.80. The summed E-state index contributed by atoms with van der Waals surface area (Å²) in [5.74, 6) is -0.528. The summed E-state index contributed by atoms with van der Waals surface area (Å²) in [6.07, 6.45) is 1.49. The van der Waals surface area contributed by atoms with Crippen LogP contribution in [0, 0.1) is 0 Å². The molecule has 3 aromatic carbocycles. The van der Waals surface area contributed by atoms with Gasteiger partial charge < -0.3 is 25.4 Å². The number of hydrogen-bond acceptors (Lipinski definition) is 6. The van der Waals surface area contributed by atoms with E-state index in [1.54, 1.807) is 55.5 Å². The van der Waals surface area contributed by atoms with Crippen LogP contribution >= 0.6 is 23.8 Å². The molecule has 0 aliphatic carbocycles. The SMILES string of the molecule is CC(Oc1ccccc1Cl)C(=O)Nc1ccc(NC(=S)NC(=O)CCCC(=O)OCCCc2ccccc2)cc1. The normalized spacial score (nSPS) is 11.2. The third-order valence-corrected chi connectivity index (χ3v) is 6.19. The Bertz CT molecular complexity index is 1290. The molecule has 8 nitrogen and oxygen atoms in total. The van der Waals surface area contributed by atoms with Crippen LogP contribution in [0.2, 0.25) is 5.02 Å². The van der Waals surface area contributed by atoms with E-state index in [0.717, 1.165) is 12.8 Å². The van der Waals surface area contributed by atoms with Gasteiger partial charge in [0.1, 0.15) is 5.75 Å². The molecule has 10 heteroatoms. The van der Waals surface area contributed by atoms with Gasteiger partial charge in [0, 0.05) is 24.2 Å². The van der Waals surface area contributed by atoms with Gasteiger partial charge in [-0.25, -0.2) is 0 Å². The predicted octanol–water partition coefficient (Wildman–Crippen LogP) is 5.91. The average Bonchev–Trinajstić information content (AvgIpc) is 2.94. The number of esters is 1. The minimum absolute atomic E-state index is 0.132. The molecule has 3 rings (SSSR count). The van der Waals surface area contributed by atoms with Gasteiger partial charge in [-0.2, -0.15) is 0 Å². The van der Waals surface area contributed by atoms with Gasteiger partial charge >= 0.3 is 5.97 Å². The molecule has 3 N–H and O–H groups in total. The number of carbonyl (C=O) groups excluding carboxylic acids is 3. The number of halogens is 1. The molecule has 0 saturated carbocycles. The van der Waals surface area contributed by atoms with Gasteiger partial charge in [-0.05, 0) is 80.4 Å². The molecule has 1 atom stereocenters. The van der Waals surface area contributed by atoms with Gasteiger partial charge in [-0.15, -0.1) is 0 Å². The third kappa shape index (κ3) is 11.0. The van der Waals surface area contributed by atoms with Crippen molar-refractivity contribution in [2.45, 2.75) is 45.1 Å². The van der Waals surface area contributed by atoms with E-state index in [-0.39, 0.29) is 35.7 Å². The first-order valence-corrected chi connectivity index (χ1v) is 13.7. The first-order chi connectivity index (χ1) is 19.3. The first kappa shape index (κ1) is 30.6. The maximum atomic E-state index is 12.5. The van der Waals surface area contributed by atoms with E-state index in [1.165, 1.54) is 5.56 Å². The van der Waals surface area contributed by atoms with Crippen LogP contribution in [0.15, 0.2) is 78.9 Å². The number of amides is 2. The molecule has 3 aromatic rings. The standard InChI is InChI=1S/C30H32ClN3O5S/c1-21(39-26-13-6-5-12-25(26)31)29(37)32-23-16-18-24(19-17-23)33-30(40)34-27(35)14-7-15-28(36)38-20-8-11-22-9-3-2-4-10-22/h2-6,9-10,12-13,16-19,21H,7-8,11,14-15,20H2,1H3,(H,32,37)(H2,33,34,35,40). The molecule has 40 heavy (non-hydrogen) atoms. The minimum Gasteiger partial charge on any atom is -0.479 e. The van der Waals surface area contributed by atoms with Crippen LogP contribution in [0.3, 0.4) is 0 Å². The summed E-state index contributed by atoms with van der Waals surface area (Å²) < 4.78 is 10.9. The second-order valence-electron chi connectivity index (χ2n) is 8.92. The van der Waals surface area contributed by atoms with Crippen molar-refractivity contribution < 1.29 is 23.9 Å². The Balaban J connectivity index is 1.30. The van der Waals surface area contributed by atoms with E-state index in [4.69, 9.17) is 33.3 Å². The fraction of sp³-hybridized carbons (Fsp3) is 0.267. The van der Waals surface area contributed by atoms with Gasteiger partial charge in [0.15, 0.2) is 11.2 Å². The molecule has 0 saturated heterocycles. The molecule has 2 amide bonds. The monoisotopic (exact) mass is 581 g/mol. The Kier molecular flexibility index (Phi) is 12.4. The highest BCUT2D eigenvalue weighted by Gasteiger charge is 2.16. The highest BCUT2D eigenvalue weighted by Crippen LogP contribution is 2.24. The Labute approximate surface area is 244 Å². The maximum absolute atomic E-state index is 12.5. The second kappa shape index (κ2) is 16.2. The number of hydrogen-bond donors (Lipinski definition) is 3. The van der Waals surface area contributed by atoms with Gasteiger partial charge in [0.05, 0.1) is 11.6 Å². The fourth-order valence-electron chi connectivity index (χ4n) is 3.59. The lowest BCUT2D eigenvalue weighted by atomic mass is 10.1.